The first kappa shape index (κ1) is 18.7. The number of anilines is 1. The number of carbonyl (C=O) groups excluding carboxylic acids is 1. The largest absolute Gasteiger partial charge is 0.483 e. The van der Waals surface area contributed by atoms with Gasteiger partial charge in [0.15, 0.2) is 23.1 Å². The van der Waals surface area contributed by atoms with Gasteiger partial charge in [-0.25, -0.2) is 4.98 Å². The minimum absolute atomic E-state index is 0.0926. The fourth-order valence-corrected chi connectivity index (χ4v) is 4.36. The molecule has 0 aliphatic carbocycles. The van der Waals surface area contributed by atoms with E-state index in [1.807, 2.05) is 78.5 Å². The number of imidazole rings is 1. The van der Waals surface area contributed by atoms with Gasteiger partial charge >= 0.3 is 0 Å². The van der Waals surface area contributed by atoms with Crippen molar-refractivity contribution in [3.8, 4) is 22.8 Å². The fourth-order valence-electron chi connectivity index (χ4n) is 3.66. The molecule has 3 heterocycles. The molecule has 5 rings (SSSR count). The molecule has 1 N–H and O–H groups in total. The van der Waals surface area contributed by atoms with Crippen molar-refractivity contribution < 1.29 is 14.3 Å². The van der Waals surface area contributed by atoms with Gasteiger partial charge in [-0.05, 0) is 32.0 Å². The van der Waals surface area contributed by atoms with Crippen LogP contribution in [-0.2, 0) is 11.2 Å². The maximum absolute atomic E-state index is 12.5. The molecule has 0 saturated carbocycles. The summed E-state index contributed by atoms with van der Waals surface area (Å²) in [6.07, 6.45) is 4.78. The van der Waals surface area contributed by atoms with Gasteiger partial charge in [0.1, 0.15) is 5.60 Å². The molecule has 0 saturated heterocycles. The van der Waals surface area contributed by atoms with E-state index >= 15 is 0 Å². The quantitative estimate of drug-likeness (QED) is 0.505. The van der Waals surface area contributed by atoms with Gasteiger partial charge < -0.3 is 14.8 Å². The topological polar surface area (TPSA) is 64.9 Å². The molecule has 4 aromatic rings. The van der Waals surface area contributed by atoms with E-state index in [1.54, 1.807) is 11.3 Å². The number of thiazole rings is 1. The highest BCUT2D eigenvalue weighted by molar-refractivity contribution is 7.15. The predicted molar refractivity (Wildman–Crippen MR) is 117 cm³/mol. The first-order valence-electron chi connectivity index (χ1n) is 9.73. The van der Waals surface area contributed by atoms with Crippen LogP contribution in [0.1, 0.15) is 19.4 Å². The van der Waals surface area contributed by atoms with Crippen LogP contribution in [-0.4, -0.2) is 27.5 Å². The molecule has 0 radical (unpaired) electrons. The summed E-state index contributed by atoms with van der Waals surface area (Å²) in [5.74, 6) is 1.10. The second-order valence-electron chi connectivity index (χ2n) is 7.92. The van der Waals surface area contributed by atoms with E-state index in [0.29, 0.717) is 11.4 Å². The Morgan fingerprint density at radius 2 is 2.17 bits per heavy atom. The SMILES string of the molecule is CC1(C)Cc2cccc(OCC(=O)Nc3cccc(-c4cn5ccsc5n4)c3)c2O1. The molecule has 0 unspecified atom stereocenters. The monoisotopic (exact) mass is 419 g/mol. The van der Waals surface area contributed by atoms with E-state index in [1.165, 1.54) is 0 Å². The summed E-state index contributed by atoms with van der Waals surface area (Å²) in [6, 6.07) is 13.4. The Morgan fingerprint density at radius 1 is 1.30 bits per heavy atom. The summed E-state index contributed by atoms with van der Waals surface area (Å²) in [7, 11) is 0. The zero-order valence-electron chi connectivity index (χ0n) is 16.7. The number of nitrogens with one attached hydrogen (secondary N) is 1. The summed E-state index contributed by atoms with van der Waals surface area (Å²) < 4.78 is 13.8. The van der Waals surface area contributed by atoms with E-state index in [9.17, 15) is 4.79 Å². The van der Waals surface area contributed by atoms with Gasteiger partial charge in [0.05, 0.1) is 5.69 Å². The third kappa shape index (κ3) is 3.64. The summed E-state index contributed by atoms with van der Waals surface area (Å²) in [5.41, 5.74) is 3.36. The third-order valence-corrected chi connectivity index (χ3v) is 5.72. The molecule has 6 nitrogen and oxygen atoms in total. The zero-order valence-corrected chi connectivity index (χ0v) is 17.5. The maximum Gasteiger partial charge on any atom is 0.262 e. The molecular formula is C23H21N3O3S. The molecule has 0 spiro atoms. The van der Waals surface area contributed by atoms with Crippen molar-refractivity contribution in [2.75, 3.05) is 11.9 Å². The molecule has 1 aliphatic heterocycles. The number of rotatable bonds is 5. The number of carbonyl (C=O) groups is 1. The van der Waals surface area contributed by atoms with Gasteiger partial charge in [0.25, 0.3) is 5.91 Å². The Morgan fingerprint density at radius 3 is 3.03 bits per heavy atom. The first-order valence-corrected chi connectivity index (χ1v) is 10.6. The zero-order chi connectivity index (χ0) is 20.7. The van der Waals surface area contributed by atoms with E-state index in [2.05, 4.69) is 10.3 Å². The minimum atomic E-state index is -0.258. The van der Waals surface area contributed by atoms with Crippen LogP contribution in [0.5, 0.6) is 11.5 Å². The number of para-hydroxylation sites is 1. The van der Waals surface area contributed by atoms with Crippen molar-refractivity contribution in [3.05, 3.63) is 65.8 Å². The Balaban J connectivity index is 1.26. The number of aromatic nitrogens is 2. The Hall–Kier alpha value is -3.32. The average molecular weight is 420 g/mol. The molecule has 152 valence electrons. The second-order valence-corrected chi connectivity index (χ2v) is 8.79. The first-order chi connectivity index (χ1) is 14.5. The normalized spacial score (nSPS) is 14.3. The van der Waals surface area contributed by atoms with Crippen LogP contribution < -0.4 is 14.8 Å². The number of hydrogen-bond donors (Lipinski definition) is 1. The van der Waals surface area contributed by atoms with Crippen LogP contribution in [0, 0.1) is 0 Å². The lowest BCUT2D eigenvalue weighted by atomic mass is 10.0. The van der Waals surface area contributed by atoms with Crippen molar-refractivity contribution in [2.24, 2.45) is 0 Å². The molecule has 1 amide bonds. The van der Waals surface area contributed by atoms with E-state index in [-0.39, 0.29) is 18.1 Å². The van der Waals surface area contributed by atoms with Crippen molar-refractivity contribution in [3.63, 3.8) is 0 Å². The van der Waals surface area contributed by atoms with Crippen molar-refractivity contribution in [1.29, 1.82) is 0 Å². The highest BCUT2D eigenvalue weighted by Crippen LogP contribution is 2.41. The Bertz CT molecular complexity index is 1210. The Kier molecular flexibility index (Phi) is 4.47. The van der Waals surface area contributed by atoms with Gasteiger partial charge in [-0.15, -0.1) is 11.3 Å². The van der Waals surface area contributed by atoms with E-state index in [0.717, 1.165) is 34.0 Å². The summed E-state index contributed by atoms with van der Waals surface area (Å²) in [4.78, 5) is 18.0. The number of ether oxygens (including phenoxy) is 2. The maximum atomic E-state index is 12.5. The van der Waals surface area contributed by atoms with Gasteiger partial charge in [-0.1, -0.05) is 24.3 Å². The lowest BCUT2D eigenvalue weighted by Gasteiger charge is -2.18. The molecule has 2 aromatic heterocycles. The lowest BCUT2D eigenvalue weighted by Crippen LogP contribution is -2.25. The Labute approximate surface area is 178 Å². The van der Waals surface area contributed by atoms with Crippen LogP contribution in [0.15, 0.2) is 60.2 Å². The number of amides is 1. The number of benzene rings is 2. The van der Waals surface area contributed by atoms with Crippen LogP contribution in [0.2, 0.25) is 0 Å². The molecule has 0 atom stereocenters. The van der Waals surface area contributed by atoms with Crippen LogP contribution in [0.3, 0.4) is 0 Å². The highest BCUT2D eigenvalue weighted by atomic mass is 32.1. The lowest BCUT2D eigenvalue weighted by molar-refractivity contribution is -0.118. The highest BCUT2D eigenvalue weighted by Gasteiger charge is 2.32. The number of fused-ring (bicyclic) bond motifs is 2. The van der Waals surface area contributed by atoms with Gasteiger partial charge in [-0.2, -0.15) is 0 Å². The third-order valence-electron chi connectivity index (χ3n) is 4.95. The van der Waals surface area contributed by atoms with Crippen molar-refractivity contribution in [1.82, 2.24) is 9.38 Å². The van der Waals surface area contributed by atoms with Gasteiger partial charge in [0.2, 0.25) is 0 Å². The van der Waals surface area contributed by atoms with E-state index < -0.39 is 0 Å². The molecule has 1 aliphatic rings. The van der Waals surface area contributed by atoms with Crippen LogP contribution in [0.4, 0.5) is 5.69 Å². The van der Waals surface area contributed by atoms with Crippen molar-refractivity contribution >= 4 is 27.9 Å². The summed E-state index contributed by atoms with van der Waals surface area (Å²) >= 11 is 1.59. The van der Waals surface area contributed by atoms with Crippen LogP contribution in [0.25, 0.3) is 16.2 Å². The molecule has 7 heteroatoms. The van der Waals surface area contributed by atoms with Crippen molar-refractivity contribution in [2.45, 2.75) is 25.9 Å². The van der Waals surface area contributed by atoms with Gasteiger partial charge in [0, 0.05) is 41.0 Å². The molecular weight excluding hydrogens is 398 g/mol. The second kappa shape index (κ2) is 7.18. The average Bonchev–Trinajstić information content (AvgIpc) is 3.38. The molecule has 0 bridgehead atoms. The van der Waals surface area contributed by atoms with Gasteiger partial charge in [-0.3, -0.25) is 9.20 Å². The number of hydrogen-bond acceptors (Lipinski definition) is 5. The molecule has 30 heavy (non-hydrogen) atoms. The predicted octanol–water partition coefficient (Wildman–Crippen LogP) is 4.79. The number of nitrogens with zero attached hydrogens (tertiary/aromatic N) is 2. The minimum Gasteiger partial charge on any atom is -0.483 e. The molecule has 0 fully saturated rings. The summed E-state index contributed by atoms with van der Waals surface area (Å²) in [5, 5.41) is 4.89. The smallest absolute Gasteiger partial charge is 0.262 e. The summed E-state index contributed by atoms with van der Waals surface area (Å²) in [6.45, 7) is 3.99. The van der Waals surface area contributed by atoms with E-state index in [4.69, 9.17) is 9.47 Å². The van der Waals surface area contributed by atoms with Crippen LogP contribution >= 0.6 is 11.3 Å². The fraction of sp³-hybridized carbons (Fsp3) is 0.217. The molecule has 2 aromatic carbocycles. The standard InChI is InChI=1S/C23H21N3O3S/c1-23(2)12-16-6-4-8-19(21(16)29-23)28-14-20(27)24-17-7-3-5-15(11-17)18-13-26-9-10-30-22(26)25-18/h3-11,13H,12,14H2,1-2H3,(H,24,27).